The Morgan fingerprint density at radius 1 is 1.50 bits per heavy atom. The molecule has 16 heavy (non-hydrogen) atoms. The molecule has 4 heteroatoms. The zero-order valence-corrected chi connectivity index (χ0v) is 8.98. The first-order chi connectivity index (χ1) is 7.81. The van der Waals surface area contributed by atoms with E-state index in [4.69, 9.17) is 9.84 Å². The van der Waals surface area contributed by atoms with Crippen molar-refractivity contribution in [1.82, 2.24) is 5.32 Å². The fourth-order valence-electron chi connectivity index (χ4n) is 2.03. The van der Waals surface area contributed by atoms with Crippen LogP contribution in [0.25, 0.3) is 0 Å². The number of amides is 1. The lowest BCUT2D eigenvalue weighted by atomic mass is 10.1. The van der Waals surface area contributed by atoms with Crippen molar-refractivity contribution in [3.8, 4) is 0 Å². The quantitative estimate of drug-likeness (QED) is 0.811. The number of hydrogen-bond donors (Lipinski definition) is 2. The third-order valence-corrected chi connectivity index (χ3v) is 2.75. The molecule has 1 amide bonds. The zero-order valence-electron chi connectivity index (χ0n) is 8.98. The number of fused-ring (bicyclic) bond motifs is 1. The summed E-state index contributed by atoms with van der Waals surface area (Å²) in [7, 11) is 0. The van der Waals surface area contributed by atoms with Crippen molar-refractivity contribution in [2.45, 2.75) is 18.9 Å². The summed E-state index contributed by atoms with van der Waals surface area (Å²) < 4.78 is 4.77. The molecule has 0 radical (unpaired) electrons. The monoisotopic (exact) mass is 221 g/mol. The van der Waals surface area contributed by atoms with Gasteiger partial charge in [0.2, 0.25) is 0 Å². The average molecular weight is 221 g/mol. The van der Waals surface area contributed by atoms with E-state index in [9.17, 15) is 4.79 Å². The minimum absolute atomic E-state index is 0.0419. The Morgan fingerprint density at radius 2 is 2.31 bits per heavy atom. The molecule has 0 saturated carbocycles. The van der Waals surface area contributed by atoms with E-state index in [1.54, 1.807) is 0 Å². The lowest BCUT2D eigenvalue weighted by Crippen LogP contribution is -2.28. The molecule has 4 nitrogen and oxygen atoms in total. The Kier molecular flexibility index (Phi) is 3.41. The Labute approximate surface area is 94.2 Å². The first kappa shape index (κ1) is 11.0. The third-order valence-electron chi connectivity index (χ3n) is 2.75. The second kappa shape index (κ2) is 4.99. The number of carbonyl (C=O) groups is 1. The van der Waals surface area contributed by atoms with Gasteiger partial charge in [0.15, 0.2) is 0 Å². The van der Waals surface area contributed by atoms with E-state index in [2.05, 4.69) is 11.4 Å². The number of nitrogens with one attached hydrogen (secondary N) is 1. The molecule has 0 aliphatic heterocycles. The van der Waals surface area contributed by atoms with Crippen molar-refractivity contribution in [2.24, 2.45) is 0 Å². The summed E-state index contributed by atoms with van der Waals surface area (Å²) in [5.74, 6) is 0. The summed E-state index contributed by atoms with van der Waals surface area (Å²) in [4.78, 5) is 11.3. The van der Waals surface area contributed by atoms with Crippen molar-refractivity contribution in [3.05, 3.63) is 35.4 Å². The minimum Gasteiger partial charge on any atom is -0.447 e. The summed E-state index contributed by atoms with van der Waals surface area (Å²) in [5, 5.41) is 11.3. The summed E-state index contributed by atoms with van der Waals surface area (Å²) in [5.41, 5.74) is 2.46. The van der Waals surface area contributed by atoms with Gasteiger partial charge < -0.3 is 15.2 Å². The maximum absolute atomic E-state index is 11.3. The highest BCUT2D eigenvalue weighted by Gasteiger charge is 2.23. The molecule has 2 rings (SSSR count). The molecule has 0 fully saturated rings. The molecule has 0 aromatic heterocycles. The van der Waals surface area contributed by atoms with E-state index < -0.39 is 6.09 Å². The molecular formula is C12H15NO3. The summed E-state index contributed by atoms with van der Waals surface area (Å²) in [6.07, 6.45) is 1.44. The maximum Gasteiger partial charge on any atom is 0.407 e. The largest absolute Gasteiger partial charge is 0.447 e. The van der Waals surface area contributed by atoms with Gasteiger partial charge >= 0.3 is 6.09 Å². The van der Waals surface area contributed by atoms with Gasteiger partial charge in [-0.25, -0.2) is 4.79 Å². The van der Waals surface area contributed by atoms with Crippen LogP contribution in [-0.2, 0) is 11.2 Å². The molecule has 2 N–H and O–H groups in total. The molecule has 0 saturated heterocycles. The molecule has 1 aliphatic rings. The number of rotatable bonds is 3. The summed E-state index contributed by atoms with van der Waals surface area (Å²) in [6.45, 7) is -0.102. The van der Waals surface area contributed by atoms with Gasteiger partial charge in [-0.2, -0.15) is 0 Å². The number of alkyl carbamates (subject to hydrolysis) is 1. The Morgan fingerprint density at radius 3 is 3.12 bits per heavy atom. The Balaban J connectivity index is 1.95. The Hall–Kier alpha value is -1.55. The van der Waals surface area contributed by atoms with Crippen molar-refractivity contribution < 1.29 is 14.6 Å². The van der Waals surface area contributed by atoms with Gasteiger partial charge in [-0.05, 0) is 24.0 Å². The van der Waals surface area contributed by atoms with Gasteiger partial charge in [0, 0.05) is 0 Å². The number of ether oxygens (including phenoxy) is 1. The van der Waals surface area contributed by atoms with Crippen molar-refractivity contribution in [2.75, 3.05) is 13.2 Å². The van der Waals surface area contributed by atoms with Gasteiger partial charge in [0.25, 0.3) is 0 Å². The lowest BCUT2D eigenvalue weighted by molar-refractivity contribution is 0.116. The zero-order chi connectivity index (χ0) is 11.4. The molecule has 1 unspecified atom stereocenters. The van der Waals surface area contributed by atoms with Gasteiger partial charge in [-0.3, -0.25) is 0 Å². The van der Waals surface area contributed by atoms with Crippen LogP contribution in [0.2, 0.25) is 0 Å². The van der Waals surface area contributed by atoms with Crippen LogP contribution < -0.4 is 5.32 Å². The lowest BCUT2D eigenvalue weighted by Gasteiger charge is -2.13. The van der Waals surface area contributed by atoms with Crippen LogP contribution in [0.5, 0.6) is 0 Å². The van der Waals surface area contributed by atoms with Crippen LogP contribution in [0.1, 0.15) is 23.6 Å². The fraction of sp³-hybridized carbons (Fsp3) is 0.417. The van der Waals surface area contributed by atoms with E-state index in [1.165, 1.54) is 11.1 Å². The highest BCUT2D eigenvalue weighted by molar-refractivity contribution is 5.68. The number of benzene rings is 1. The number of aliphatic hydroxyl groups is 1. The van der Waals surface area contributed by atoms with Gasteiger partial charge in [-0.15, -0.1) is 0 Å². The van der Waals surface area contributed by atoms with E-state index in [-0.39, 0.29) is 19.3 Å². The van der Waals surface area contributed by atoms with Crippen molar-refractivity contribution in [1.29, 1.82) is 0 Å². The molecule has 1 aliphatic carbocycles. The van der Waals surface area contributed by atoms with E-state index in [1.807, 2.05) is 18.2 Å². The van der Waals surface area contributed by atoms with Crippen LogP contribution >= 0.6 is 0 Å². The predicted molar refractivity (Wildman–Crippen MR) is 59.1 cm³/mol. The highest BCUT2D eigenvalue weighted by atomic mass is 16.6. The average Bonchev–Trinajstić information content (AvgIpc) is 2.70. The standard InChI is InChI=1S/C12H15NO3/c14-7-8-16-12(15)13-11-6-5-9-3-1-2-4-10(9)11/h1-4,11,14H,5-8H2,(H,13,15). The fourth-order valence-corrected chi connectivity index (χ4v) is 2.03. The third kappa shape index (κ3) is 2.33. The normalized spacial score (nSPS) is 17.9. The summed E-state index contributed by atoms with van der Waals surface area (Å²) in [6, 6.07) is 8.13. The maximum atomic E-state index is 11.3. The van der Waals surface area contributed by atoms with Crippen molar-refractivity contribution in [3.63, 3.8) is 0 Å². The topological polar surface area (TPSA) is 58.6 Å². The number of hydrogen-bond acceptors (Lipinski definition) is 3. The van der Waals surface area contributed by atoms with Crippen LogP contribution in [0.15, 0.2) is 24.3 Å². The van der Waals surface area contributed by atoms with E-state index in [0.717, 1.165) is 12.8 Å². The molecule has 1 atom stereocenters. The van der Waals surface area contributed by atoms with Gasteiger partial charge in [0.05, 0.1) is 12.6 Å². The highest BCUT2D eigenvalue weighted by Crippen LogP contribution is 2.30. The molecule has 86 valence electrons. The SMILES string of the molecule is O=C(NC1CCc2ccccc21)OCCO. The second-order valence-electron chi connectivity index (χ2n) is 3.79. The van der Waals surface area contributed by atoms with E-state index >= 15 is 0 Å². The molecule has 0 heterocycles. The number of aliphatic hydroxyl groups excluding tert-OH is 1. The predicted octanol–water partition coefficient (Wildman–Crippen LogP) is 1.39. The van der Waals surface area contributed by atoms with Gasteiger partial charge in [0.1, 0.15) is 6.61 Å². The van der Waals surface area contributed by atoms with Crippen molar-refractivity contribution >= 4 is 6.09 Å². The molecular weight excluding hydrogens is 206 g/mol. The molecule has 1 aromatic rings. The van der Waals surface area contributed by atoms with Crippen LogP contribution in [0, 0.1) is 0 Å². The minimum atomic E-state index is -0.462. The Bertz CT molecular complexity index is 378. The first-order valence-electron chi connectivity index (χ1n) is 5.43. The van der Waals surface area contributed by atoms with Crippen LogP contribution in [-0.4, -0.2) is 24.4 Å². The first-order valence-corrected chi connectivity index (χ1v) is 5.43. The molecule has 1 aromatic carbocycles. The van der Waals surface area contributed by atoms with E-state index in [0.29, 0.717) is 0 Å². The molecule has 0 spiro atoms. The number of aryl methyl sites for hydroxylation is 1. The second-order valence-corrected chi connectivity index (χ2v) is 3.79. The van der Waals surface area contributed by atoms with Gasteiger partial charge in [-0.1, -0.05) is 24.3 Å². The smallest absolute Gasteiger partial charge is 0.407 e. The number of carbonyl (C=O) groups excluding carboxylic acids is 1. The van der Waals surface area contributed by atoms with Crippen LogP contribution in [0.3, 0.4) is 0 Å². The molecule has 0 bridgehead atoms. The summed E-state index contributed by atoms with van der Waals surface area (Å²) >= 11 is 0. The van der Waals surface area contributed by atoms with Crippen LogP contribution in [0.4, 0.5) is 4.79 Å².